The van der Waals surface area contributed by atoms with Crippen molar-refractivity contribution in [2.75, 3.05) is 24.9 Å². The molecule has 1 amide bonds. The monoisotopic (exact) mass is 430 g/mol. The number of rotatable bonds is 5. The van der Waals surface area contributed by atoms with Crippen molar-refractivity contribution in [1.82, 2.24) is 14.6 Å². The fraction of sp³-hybridized carbons (Fsp3) is 0.136. The first-order chi connectivity index (χ1) is 15.6. The summed E-state index contributed by atoms with van der Waals surface area (Å²) in [6, 6.07) is 13.2. The zero-order chi connectivity index (χ0) is 22.2. The lowest BCUT2D eigenvalue weighted by Crippen LogP contribution is -2.20. The molecule has 160 valence electrons. The third kappa shape index (κ3) is 3.13. The summed E-state index contributed by atoms with van der Waals surface area (Å²) < 4.78 is 17.4. The maximum atomic E-state index is 11.7. The van der Waals surface area contributed by atoms with E-state index in [1.165, 1.54) is 6.20 Å². The van der Waals surface area contributed by atoms with E-state index in [-0.39, 0.29) is 6.61 Å². The number of aromatic nitrogens is 3. The summed E-state index contributed by atoms with van der Waals surface area (Å²) in [4.78, 5) is 14.9. The molecule has 2 aromatic carbocycles. The molecule has 0 fully saturated rings. The van der Waals surface area contributed by atoms with Gasteiger partial charge in [0, 0.05) is 22.9 Å². The minimum atomic E-state index is -0.494. The van der Waals surface area contributed by atoms with Gasteiger partial charge in [-0.15, -0.1) is 0 Å². The zero-order valence-corrected chi connectivity index (χ0v) is 17.2. The Labute approximate surface area is 182 Å². The summed E-state index contributed by atoms with van der Waals surface area (Å²) in [6.45, 7) is 0.213. The summed E-state index contributed by atoms with van der Waals surface area (Å²) >= 11 is 0. The molecule has 10 heteroatoms. The number of benzene rings is 2. The van der Waals surface area contributed by atoms with E-state index in [0.29, 0.717) is 39.9 Å². The number of methoxy groups -OCH3 is 2. The second-order valence-corrected chi connectivity index (χ2v) is 7.05. The van der Waals surface area contributed by atoms with E-state index in [0.717, 1.165) is 16.8 Å². The minimum Gasteiger partial charge on any atom is -0.493 e. The smallest absolute Gasteiger partial charge is 0.411 e. The van der Waals surface area contributed by atoms with Gasteiger partial charge in [-0.2, -0.15) is 14.9 Å². The number of nitrogens with one attached hydrogen (secondary N) is 3. The van der Waals surface area contributed by atoms with Crippen molar-refractivity contribution in [3.8, 4) is 28.8 Å². The maximum Gasteiger partial charge on any atom is 0.411 e. The van der Waals surface area contributed by atoms with Gasteiger partial charge < -0.3 is 24.5 Å². The Morgan fingerprint density at radius 2 is 2.03 bits per heavy atom. The summed E-state index contributed by atoms with van der Waals surface area (Å²) in [5.41, 5.74) is 4.73. The van der Waals surface area contributed by atoms with Crippen LogP contribution in [0.2, 0.25) is 0 Å². The van der Waals surface area contributed by atoms with Crippen LogP contribution in [0.1, 0.15) is 11.1 Å². The number of H-pyrrole nitrogens is 1. The van der Waals surface area contributed by atoms with Crippen LogP contribution in [0, 0.1) is 11.3 Å². The molecule has 0 saturated heterocycles. The molecule has 1 aliphatic heterocycles. The molecule has 3 heterocycles. The second-order valence-electron chi connectivity index (χ2n) is 7.05. The SMILES string of the molecule is COc1ccc(Nc2c(-c3ccc4c(c3)NC(=O)OC4)[nH]c3c(C#N)cnn23)cc1OC. The van der Waals surface area contributed by atoms with Crippen molar-refractivity contribution in [2.45, 2.75) is 6.61 Å². The van der Waals surface area contributed by atoms with Crippen molar-refractivity contribution in [2.24, 2.45) is 0 Å². The van der Waals surface area contributed by atoms with Gasteiger partial charge in [-0.25, -0.2) is 4.79 Å². The maximum absolute atomic E-state index is 11.7. The molecule has 0 radical (unpaired) electrons. The Morgan fingerprint density at radius 1 is 1.19 bits per heavy atom. The molecule has 3 N–H and O–H groups in total. The van der Waals surface area contributed by atoms with E-state index >= 15 is 0 Å². The normalized spacial score (nSPS) is 12.5. The molecule has 0 saturated carbocycles. The highest BCUT2D eigenvalue weighted by atomic mass is 16.5. The summed E-state index contributed by atoms with van der Waals surface area (Å²) in [5.74, 6) is 1.79. The number of nitrogens with zero attached hydrogens (tertiary/aromatic N) is 3. The van der Waals surface area contributed by atoms with Crippen LogP contribution in [0.5, 0.6) is 11.5 Å². The van der Waals surface area contributed by atoms with E-state index < -0.39 is 6.09 Å². The highest BCUT2D eigenvalue weighted by Gasteiger charge is 2.21. The lowest BCUT2D eigenvalue weighted by Gasteiger charge is -2.18. The average molecular weight is 430 g/mol. The lowest BCUT2D eigenvalue weighted by atomic mass is 10.1. The Kier molecular flexibility index (Phi) is 4.56. The highest BCUT2D eigenvalue weighted by Crippen LogP contribution is 2.37. The van der Waals surface area contributed by atoms with Crippen LogP contribution < -0.4 is 20.1 Å². The van der Waals surface area contributed by atoms with Gasteiger partial charge in [-0.1, -0.05) is 12.1 Å². The average Bonchev–Trinajstić information content (AvgIpc) is 3.38. The van der Waals surface area contributed by atoms with Crippen LogP contribution in [0.15, 0.2) is 42.6 Å². The number of ether oxygens (including phenoxy) is 3. The summed E-state index contributed by atoms with van der Waals surface area (Å²) in [6.07, 6.45) is 1.01. The molecule has 4 aromatic rings. The zero-order valence-electron chi connectivity index (χ0n) is 17.2. The van der Waals surface area contributed by atoms with Gasteiger partial charge in [0.05, 0.1) is 31.8 Å². The van der Waals surface area contributed by atoms with Gasteiger partial charge in [-0.05, 0) is 18.2 Å². The number of carbonyl (C=O) groups excluding carboxylic acids is 1. The molecule has 0 atom stereocenters. The number of hydrogen-bond acceptors (Lipinski definition) is 7. The van der Waals surface area contributed by atoms with Crippen LogP contribution in [0.25, 0.3) is 16.9 Å². The molecular weight excluding hydrogens is 412 g/mol. The second kappa shape index (κ2) is 7.55. The molecule has 32 heavy (non-hydrogen) atoms. The lowest BCUT2D eigenvalue weighted by molar-refractivity contribution is 0.151. The van der Waals surface area contributed by atoms with Crippen molar-refractivity contribution < 1.29 is 19.0 Å². The number of nitriles is 1. The molecule has 1 aliphatic rings. The van der Waals surface area contributed by atoms with E-state index in [1.54, 1.807) is 30.9 Å². The Balaban J connectivity index is 1.64. The van der Waals surface area contributed by atoms with E-state index in [9.17, 15) is 10.1 Å². The Bertz CT molecular complexity index is 1400. The number of amides is 1. The van der Waals surface area contributed by atoms with Crippen LogP contribution in [-0.2, 0) is 11.3 Å². The summed E-state index contributed by atoms with van der Waals surface area (Å²) in [5, 5.41) is 19.9. The van der Waals surface area contributed by atoms with Crippen LogP contribution >= 0.6 is 0 Å². The number of imidazole rings is 1. The number of hydrogen-bond donors (Lipinski definition) is 3. The number of carbonyl (C=O) groups is 1. The van der Waals surface area contributed by atoms with Crippen LogP contribution in [0.3, 0.4) is 0 Å². The first kappa shape index (κ1) is 19.3. The topological polar surface area (TPSA) is 126 Å². The molecular formula is C22H18N6O4. The quantitative estimate of drug-likeness (QED) is 0.436. The first-order valence-corrected chi connectivity index (χ1v) is 9.67. The minimum absolute atomic E-state index is 0.213. The fourth-order valence-corrected chi connectivity index (χ4v) is 3.64. The van der Waals surface area contributed by atoms with E-state index in [1.807, 2.05) is 24.3 Å². The van der Waals surface area contributed by atoms with Gasteiger partial charge in [0.15, 0.2) is 23.0 Å². The molecule has 0 spiro atoms. The van der Waals surface area contributed by atoms with Crippen molar-refractivity contribution >= 4 is 28.9 Å². The number of fused-ring (bicyclic) bond motifs is 2. The van der Waals surface area contributed by atoms with Gasteiger partial charge in [0.25, 0.3) is 0 Å². The molecule has 5 rings (SSSR count). The number of aromatic amines is 1. The van der Waals surface area contributed by atoms with E-state index in [2.05, 4.69) is 26.8 Å². The van der Waals surface area contributed by atoms with Crippen LogP contribution in [0.4, 0.5) is 22.0 Å². The van der Waals surface area contributed by atoms with Gasteiger partial charge >= 0.3 is 6.09 Å². The number of anilines is 3. The molecule has 10 nitrogen and oxygen atoms in total. The summed E-state index contributed by atoms with van der Waals surface area (Å²) in [7, 11) is 3.14. The standard InChI is InChI=1S/C22H18N6O4/c1-30-17-6-5-15(8-18(17)31-2)25-21-19(27-20-14(9-23)10-24-28(20)21)12-3-4-13-11-32-22(29)26-16(13)7-12/h3-8,10,25,27H,11H2,1-2H3,(H,26,29). The van der Waals surface area contributed by atoms with Gasteiger partial charge in [0.1, 0.15) is 18.2 Å². The van der Waals surface area contributed by atoms with E-state index in [4.69, 9.17) is 14.2 Å². The van der Waals surface area contributed by atoms with Gasteiger partial charge in [0.2, 0.25) is 0 Å². The van der Waals surface area contributed by atoms with Crippen molar-refractivity contribution in [1.29, 1.82) is 5.26 Å². The largest absolute Gasteiger partial charge is 0.493 e. The third-order valence-electron chi connectivity index (χ3n) is 5.22. The predicted molar refractivity (Wildman–Crippen MR) is 116 cm³/mol. The molecule has 0 unspecified atom stereocenters. The van der Waals surface area contributed by atoms with Crippen molar-refractivity contribution in [3.63, 3.8) is 0 Å². The fourth-order valence-electron chi connectivity index (χ4n) is 3.64. The highest BCUT2D eigenvalue weighted by molar-refractivity contribution is 5.90. The van der Waals surface area contributed by atoms with Gasteiger partial charge in [-0.3, -0.25) is 5.32 Å². The predicted octanol–water partition coefficient (Wildman–Crippen LogP) is 4.02. The van der Waals surface area contributed by atoms with Crippen molar-refractivity contribution in [3.05, 3.63) is 53.7 Å². The molecule has 0 aliphatic carbocycles. The molecule has 0 bridgehead atoms. The first-order valence-electron chi connectivity index (χ1n) is 9.67. The third-order valence-corrected chi connectivity index (χ3v) is 5.22. The van der Waals surface area contributed by atoms with Crippen LogP contribution in [-0.4, -0.2) is 34.9 Å². The molecule has 2 aromatic heterocycles. The Hall–Kier alpha value is -4.65. The number of cyclic esters (lactones) is 1. The Morgan fingerprint density at radius 3 is 2.81 bits per heavy atom.